The molecule has 2 N–H and O–H groups in total. The molecule has 4 rings (SSSR count). The maximum absolute atomic E-state index is 13.6. The minimum Gasteiger partial charge on any atom is -0.491 e. The highest BCUT2D eigenvalue weighted by atomic mass is 32.2. The lowest BCUT2D eigenvalue weighted by Gasteiger charge is -2.22. The molecule has 2 amide bonds. The number of anilines is 1. The van der Waals surface area contributed by atoms with Gasteiger partial charge in [-0.1, -0.05) is 18.3 Å². The van der Waals surface area contributed by atoms with Crippen LogP contribution in [0.4, 0.5) is 5.13 Å². The molecule has 1 atom stereocenters. The molecule has 184 valence electrons. The van der Waals surface area contributed by atoms with Crippen LogP contribution >= 0.6 is 11.3 Å². The van der Waals surface area contributed by atoms with Crippen molar-refractivity contribution in [2.75, 3.05) is 18.5 Å². The maximum atomic E-state index is 13.6. The number of aromatic nitrogens is 1. The number of thiazole rings is 1. The monoisotopic (exact) mass is 512 g/mol. The van der Waals surface area contributed by atoms with E-state index >= 15 is 0 Å². The average molecular weight is 513 g/mol. The number of carbonyl (C=O) groups is 2. The van der Waals surface area contributed by atoms with Crippen LogP contribution in [0.1, 0.15) is 42.3 Å². The summed E-state index contributed by atoms with van der Waals surface area (Å²) >= 11 is 1.38. The van der Waals surface area contributed by atoms with Crippen molar-refractivity contribution in [1.29, 1.82) is 0 Å². The van der Waals surface area contributed by atoms with Crippen molar-refractivity contribution in [3.63, 3.8) is 0 Å². The van der Waals surface area contributed by atoms with Gasteiger partial charge >= 0.3 is 0 Å². The molecular formula is C25H28N4O4S2. The summed E-state index contributed by atoms with van der Waals surface area (Å²) in [5.74, 6) is 0.675. The number of hydrogen-bond acceptors (Lipinski definition) is 6. The van der Waals surface area contributed by atoms with Crippen molar-refractivity contribution < 1.29 is 18.5 Å². The molecule has 2 heterocycles. The quantitative estimate of drug-likeness (QED) is 0.445. The molecule has 10 heteroatoms. The van der Waals surface area contributed by atoms with Crippen molar-refractivity contribution in [3.05, 3.63) is 59.3 Å². The first kappa shape index (κ1) is 25.0. The molecule has 1 aliphatic heterocycles. The van der Waals surface area contributed by atoms with Gasteiger partial charge in [-0.25, -0.2) is 13.9 Å². The largest absolute Gasteiger partial charge is 0.491 e. The number of nitrogens with zero attached hydrogens (tertiary/aromatic N) is 2. The van der Waals surface area contributed by atoms with Crippen LogP contribution in [0.3, 0.4) is 0 Å². The molecule has 1 unspecified atom stereocenters. The van der Waals surface area contributed by atoms with Gasteiger partial charge in [0.25, 0.3) is 5.91 Å². The van der Waals surface area contributed by atoms with E-state index < -0.39 is 11.0 Å². The van der Waals surface area contributed by atoms with Crippen LogP contribution in [0.5, 0.6) is 5.75 Å². The van der Waals surface area contributed by atoms with E-state index in [4.69, 9.17) is 4.74 Å². The van der Waals surface area contributed by atoms with Gasteiger partial charge < -0.3 is 15.0 Å². The number of nitrogens with one attached hydrogen (secondary N) is 2. The Morgan fingerprint density at radius 1 is 1.29 bits per heavy atom. The van der Waals surface area contributed by atoms with E-state index in [9.17, 15) is 13.8 Å². The van der Waals surface area contributed by atoms with Crippen molar-refractivity contribution in [1.82, 2.24) is 14.6 Å². The molecule has 2 aromatic carbocycles. The Labute approximate surface area is 211 Å². The normalized spacial score (nSPS) is 14.1. The molecule has 3 aromatic rings. The van der Waals surface area contributed by atoms with Gasteiger partial charge in [-0.15, -0.1) is 0 Å². The number of fused-ring (bicyclic) bond motifs is 1. The molecule has 0 saturated carbocycles. The molecule has 0 aliphatic carbocycles. The van der Waals surface area contributed by atoms with Crippen molar-refractivity contribution in [3.8, 4) is 16.2 Å². The first-order valence-electron chi connectivity index (χ1n) is 11.4. The molecule has 0 spiro atoms. The second-order valence-corrected chi connectivity index (χ2v) is 10.7. The number of rotatable bonds is 8. The summed E-state index contributed by atoms with van der Waals surface area (Å²) in [7, 11) is -1.33. The summed E-state index contributed by atoms with van der Waals surface area (Å²) < 4.78 is 21.5. The van der Waals surface area contributed by atoms with Gasteiger partial charge in [-0.3, -0.25) is 9.59 Å². The van der Waals surface area contributed by atoms with Gasteiger partial charge in [0.1, 0.15) is 23.3 Å². The topological polar surface area (TPSA) is 101 Å². The number of carbonyl (C=O) groups excluding carboxylic acids is 2. The predicted molar refractivity (Wildman–Crippen MR) is 138 cm³/mol. The van der Waals surface area contributed by atoms with Gasteiger partial charge in [0.2, 0.25) is 6.41 Å². The fourth-order valence-corrected chi connectivity index (χ4v) is 5.66. The Balaban J connectivity index is 1.58. The smallest absolute Gasteiger partial charge is 0.254 e. The first-order valence-corrected chi connectivity index (χ1v) is 13.4. The lowest BCUT2D eigenvalue weighted by molar-refractivity contribution is -0.105. The Kier molecular flexibility index (Phi) is 7.94. The molecule has 1 aliphatic rings. The predicted octanol–water partition coefficient (Wildman–Crippen LogP) is 4.00. The zero-order valence-electron chi connectivity index (χ0n) is 19.9. The number of hydrogen-bond donors (Lipinski definition) is 2. The fraction of sp³-hybridized carbons (Fsp3) is 0.320. The van der Waals surface area contributed by atoms with Crippen LogP contribution in [-0.2, 0) is 28.7 Å². The molecule has 1 aromatic heterocycles. The number of benzene rings is 2. The second-order valence-electron chi connectivity index (χ2n) is 8.40. The molecule has 0 fully saturated rings. The Morgan fingerprint density at radius 2 is 2.11 bits per heavy atom. The minimum atomic E-state index is -1.33. The molecule has 8 nitrogen and oxygen atoms in total. The van der Waals surface area contributed by atoms with E-state index in [1.807, 2.05) is 45.0 Å². The van der Waals surface area contributed by atoms with Crippen LogP contribution < -0.4 is 14.8 Å². The molecule has 0 radical (unpaired) electrons. The first-order chi connectivity index (χ1) is 16.9. The highest BCUT2D eigenvalue weighted by molar-refractivity contribution is 7.83. The summed E-state index contributed by atoms with van der Waals surface area (Å²) in [6, 6.07) is 11.3. The lowest BCUT2D eigenvalue weighted by Crippen LogP contribution is -2.33. The number of amides is 2. The van der Waals surface area contributed by atoms with Crippen molar-refractivity contribution in [2.24, 2.45) is 0 Å². The third-order valence-electron chi connectivity index (χ3n) is 5.55. The molecule has 35 heavy (non-hydrogen) atoms. The van der Waals surface area contributed by atoms with E-state index in [1.165, 1.54) is 11.3 Å². The zero-order valence-corrected chi connectivity index (χ0v) is 21.5. The molecule has 0 bridgehead atoms. The third kappa shape index (κ3) is 5.77. The lowest BCUT2D eigenvalue weighted by atomic mass is 10.0. The standard InChI is InChI=1S/C25H28N4O4S2/c1-4-17-12-20(35(32)28-16(2)3)6-7-21(17)24(31)29-9-10-33-22-8-5-18(11-19(22)14-29)23-13-26-25(34-23)27-15-30/h5-8,11-13,15-16,28H,4,9-10,14H2,1-3H3,(H,26,27,30). The van der Waals surface area contributed by atoms with Crippen LogP contribution in [0.25, 0.3) is 10.4 Å². The summed E-state index contributed by atoms with van der Waals surface area (Å²) in [5.41, 5.74) is 3.33. The van der Waals surface area contributed by atoms with Gasteiger partial charge in [0.15, 0.2) is 5.13 Å². The van der Waals surface area contributed by atoms with E-state index in [0.29, 0.717) is 48.1 Å². The van der Waals surface area contributed by atoms with E-state index in [0.717, 1.165) is 27.3 Å². The fourth-order valence-electron chi connectivity index (χ4n) is 3.88. The van der Waals surface area contributed by atoms with E-state index in [2.05, 4.69) is 15.0 Å². The summed E-state index contributed by atoms with van der Waals surface area (Å²) in [5, 5.41) is 3.09. The van der Waals surface area contributed by atoms with Crippen LogP contribution in [0, 0.1) is 0 Å². The van der Waals surface area contributed by atoms with E-state index in [1.54, 1.807) is 23.2 Å². The minimum absolute atomic E-state index is 0.0758. The third-order valence-corrected chi connectivity index (χ3v) is 7.89. The summed E-state index contributed by atoms with van der Waals surface area (Å²) in [6.45, 7) is 7.14. The van der Waals surface area contributed by atoms with Gasteiger partial charge in [0, 0.05) is 29.9 Å². The highest BCUT2D eigenvalue weighted by Gasteiger charge is 2.24. The number of aryl methyl sites for hydroxylation is 1. The Morgan fingerprint density at radius 3 is 2.86 bits per heavy atom. The van der Waals surface area contributed by atoms with Crippen molar-refractivity contribution in [2.45, 2.75) is 44.7 Å². The average Bonchev–Trinajstić information content (AvgIpc) is 3.21. The van der Waals surface area contributed by atoms with Gasteiger partial charge in [0.05, 0.1) is 16.3 Å². The Bertz CT molecular complexity index is 1260. The van der Waals surface area contributed by atoms with Gasteiger partial charge in [-0.2, -0.15) is 0 Å². The second kappa shape index (κ2) is 11.1. The van der Waals surface area contributed by atoms with Crippen LogP contribution in [0.15, 0.2) is 47.5 Å². The maximum Gasteiger partial charge on any atom is 0.254 e. The zero-order chi connectivity index (χ0) is 24.9. The highest BCUT2D eigenvalue weighted by Crippen LogP contribution is 2.33. The summed E-state index contributed by atoms with van der Waals surface area (Å²) in [6.07, 6.45) is 2.97. The van der Waals surface area contributed by atoms with Crippen LogP contribution in [-0.4, -0.2) is 45.6 Å². The van der Waals surface area contributed by atoms with Gasteiger partial charge in [-0.05, 0) is 67.8 Å². The van der Waals surface area contributed by atoms with Crippen molar-refractivity contribution >= 4 is 39.8 Å². The SMILES string of the molecule is CCc1cc(S(=O)NC(C)C)ccc1C(=O)N1CCOc2ccc(-c3cnc(NC=O)s3)cc2C1. The van der Waals surface area contributed by atoms with E-state index in [-0.39, 0.29) is 11.9 Å². The summed E-state index contributed by atoms with van der Waals surface area (Å²) in [4.78, 5) is 31.8. The molecule has 0 saturated heterocycles. The Hall–Kier alpha value is -3.08. The van der Waals surface area contributed by atoms with Crippen LogP contribution in [0.2, 0.25) is 0 Å². The number of ether oxygens (including phenoxy) is 1. The molecular weight excluding hydrogens is 484 g/mol.